The van der Waals surface area contributed by atoms with Crippen LogP contribution < -0.4 is 15.0 Å². The van der Waals surface area contributed by atoms with Gasteiger partial charge >= 0.3 is 0 Å². The van der Waals surface area contributed by atoms with Gasteiger partial charge in [0.25, 0.3) is 5.91 Å². The summed E-state index contributed by atoms with van der Waals surface area (Å²) in [5.41, 5.74) is 2.83. The number of anilines is 2. The van der Waals surface area contributed by atoms with Gasteiger partial charge in [0.2, 0.25) is 5.91 Å². The van der Waals surface area contributed by atoms with Crippen LogP contribution in [0.3, 0.4) is 0 Å². The molecule has 6 nitrogen and oxygen atoms in total. The highest BCUT2D eigenvalue weighted by molar-refractivity contribution is 8.01. The lowest BCUT2D eigenvalue weighted by atomic mass is 10.1. The topological polar surface area (TPSA) is 75.7 Å². The number of hydrogen-bond acceptors (Lipinski definition) is 5. The fraction of sp³-hybridized carbons (Fsp3) is 0.261. The van der Waals surface area contributed by atoms with Gasteiger partial charge < -0.3 is 15.0 Å². The van der Waals surface area contributed by atoms with E-state index >= 15 is 0 Å². The lowest BCUT2D eigenvalue weighted by Crippen LogP contribution is -2.39. The average Bonchev–Trinajstić information content (AvgIpc) is 2.73. The summed E-state index contributed by atoms with van der Waals surface area (Å²) in [6, 6.07) is 12.6. The molecule has 156 valence electrons. The third-order valence-corrected chi connectivity index (χ3v) is 5.78. The van der Waals surface area contributed by atoms with Crippen molar-refractivity contribution >= 4 is 40.7 Å². The number of ketones is 1. The van der Waals surface area contributed by atoms with Gasteiger partial charge in [-0.2, -0.15) is 0 Å². The van der Waals surface area contributed by atoms with Crippen LogP contribution in [-0.2, 0) is 9.59 Å². The zero-order chi connectivity index (χ0) is 21.7. The number of carbonyl (C=O) groups excluding carboxylic acids is 3. The molecule has 1 aliphatic rings. The van der Waals surface area contributed by atoms with E-state index in [1.807, 2.05) is 31.2 Å². The minimum absolute atomic E-state index is 0.0313. The Bertz CT molecular complexity index is 989. The molecule has 0 aromatic heterocycles. The van der Waals surface area contributed by atoms with Crippen molar-refractivity contribution in [2.45, 2.75) is 19.1 Å². The number of benzene rings is 2. The summed E-state index contributed by atoms with van der Waals surface area (Å²) in [5.74, 6) is 0.276. The molecule has 0 aliphatic carbocycles. The molecule has 1 N–H and O–H groups in total. The Kier molecular flexibility index (Phi) is 6.95. The van der Waals surface area contributed by atoms with E-state index in [9.17, 15) is 14.4 Å². The summed E-state index contributed by atoms with van der Waals surface area (Å²) in [6.45, 7) is 7.72. The van der Waals surface area contributed by atoms with Crippen molar-refractivity contribution in [3.8, 4) is 5.75 Å². The first-order valence-corrected chi connectivity index (χ1v) is 10.6. The minimum Gasteiger partial charge on any atom is -0.482 e. The average molecular weight is 425 g/mol. The van der Waals surface area contributed by atoms with Crippen molar-refractivity contribution in [1.29, 1.82) is 0 Å². The summed E-state index contributed by atoms with van der Waals surface area (Å²) in [7, 11) is 0. The largest absolute Gasteiger partial charge is 0.482 e. The zero-order valence-electron chi connectivity index (χ0n) is 17.0. The zero-order valence-corrected chi connectivity index (χ0v) is 17.8. The summed E-state index contributed by atoms with van der Waals surface area (Å²) < 4.78 is 5.46. The van der Waals surface area contributed by atoms with E-state index in [0.717, 1.165) is 11.3 Å². The number of carbonyl (C=O) groups is 3. The van der Waals surface area contributed by atoms with Gasteiger partial charge in [0.05, 0.1) is 16.7 Å². The number of ether oxygens (including phenoxy) is 1. The highest BCUT2D eigenvalue weighted by Crippen LogP contribution is 2.33. The van der Waals surface area contributed by atoms with Crippen LogP contribution in [0.15, 0.2) is 55.1 Å². The summed E-state index contributed by atoms with van der Waals surface area (Å²) in [4.78, 5) is 38.8. The van der Waals surface area contributed by atoms with Gasteiger partial charge in [-0.1, -0.05) is 18.2 Å². The number of hydrogen-bond donors (Lipinski definition) is 1. The quantitative estimate of drug-likeness (QED) is 0.515. The SMILES string of the molecule is C=CCN1C(=O)COc2ccc(C(=O)C(C)SCC(=O)Nc3cccc(C)c3)cc21. The van der Waals surface area contributed by atoms with Gasteiger partial charge in [-0.25, -0.2) is 0 Å². The normalized spacial score (nSPS) is 13.8. The number of Topliss-reactive ketones (excluding diaryl/α,β-unsaturated/α-hetero) is 1. The van der Waals surface area contributed by atoms with Crippen LogP contribution in [0.1, 0.15) is 22.8 Å². The lowest BCUT2D eigenvalue weighted by Gasteiger charge is -2.29. The molecule has 2 aromatic carbocycles. The van der Waals surface area contributed by atoms with E-state index in [1.54, 1.807) is 36.1 Å². The van der Waals surface area contributed by atoms with Crippen LogP contribution in [0, 0.1) is 6.92 Å². The van der Waals surface area contributed by atoms with Crippen LogP contribution in [0.4, 0.5) is 11.4 Å². The maximum absolute atomic E-state index is 12.9. The van der Waals surface area contributed by atoms with Crippen molar-refractivity contribution in [3.63, 3.8) is 0 Å². The van der Waals surface area contributed by atoms with Gasteiger partial charge in [-0.3, -0.25) is 14.4 Å². The molecule has 1 atom stereocenters. The molecule has 0 bridgehead atoms. The molecule has 1 aliphatic heterocycles. The Hall–Kier alpha value is -3.06. The van der Waals surface area contributed by atoms with E-state index in [2.05, 4.69) is 11.9 Å². The molecule has 30 heavy (non-hydrogen) atoms. The van der Waals surface area contributed by atoms with Gasteiger partial charge in [0, 0.05) is 17.8 Å². The number of nitrogens with one attached hydrogen (secondary N) is 1. The number of nitrogens with zero attached hydrogens (tertiary/aromatic N) is 1. The Morgan fingerprint density at radius 2 is 2.10 bits per heavy atom. The van der Waals surface area contributed by atoms with E-state index in [4.69, 9.17) is 4.74 Å². The maximum Gasteiger partial charge on any atom is 0.265 e. The smallest absolute Gasteiger partial charge is 0.265 e. The Balaban J connectivity index is 1.64. The Morgan fingerprint density at radius 1 is 1.30 bits per heavy atom. The maximum atomic E-state index is 12.9. The Morgan fingerprint density at radius 3 is 2.83 bits per heavy atom. The van der Waals surface area contributed by atoms with E-state index < -0.39 is 5.25 Å². The lowest BCUT2D eigenvalue weighted by molar-refractivity contribution is -0.121. The second-order valence-corrected chi connectivity index (χ2v) is 8.33. The van der Waals surface area contributed by atoms with Gasteiger partial charge in [-0.05, 0) is 49.7 Å². The van der Waals surface area contributed by atoms with Crippen LogP contribution in [0.5, 0.6) is 5.75 Å². The second-order valence-electron chi connectivity index (χ2n) is 7.00. The number of aryl methyl sites for hydroxylation is 1. The molecule has 0 fully saturated rings. The highest BCUT2D eigenvalue weighted by atomic mass is 32.2. The first-order valence-electron chi connectivity index (χ1n) is 9.59. The Labute approximate surface area is 180 Å². The van der Waals surface area contributed by atoms with E-state index in [-0.39, 0.29) is 30.0 Å². The second kappa shape index (κ2) is 9.63. The molecule has 2 amide bonds. The molecule has 0 saturated heterocycles. The molecule has 1 heterocycles. The van der Waals surface area contributed by atoms with Crippen LogP contribution in [-0.4, -0.2) is 41.8 Å². The summed E-state index contributed by atoms with van der Waals surface area (Å²) in [6.07, 6.45) is 1.63. The molecule has 3 rings (SSSR count). The predicted octanol–water partition coefficient (Wildman–Crippen LogP) is 3.85. The molecule has 0 radical (unpaired) electrons. The third-order valence-electron chi connectivity index (χ3n) is 4.63. The van der Waals surface area contributed by atoms with Crippen molar-refractivity contribution in [1.82, 2.24) is 0 Å². The molecule has 2 aromatic rings. The standard InChI is InChI=1S/C23H24N2O4S/c1-4-10-25-19-12-17(8-9-20(19)29-13-22(25)27)23(28)16(3)30-14-21(26)24-18-7-5-6-15(2)11-18/h4-9,11-12,16H,1,10,13-14H2,2-3H3,(H,24,26). The first-order chi connectivity index (χ1) is 14.4. The van der Waals surface area contributed by atoms with Crippen molar-refractivity contribution in [3.05, 3.63) is 66.2 Å². The van der Waals surface area contributed by atoms with E-state index in [1.165, 1.54) is 11.8 Å². The monoisotopic (exact) mass is 424 g/mol. The predicted molar refractivity (Wildman–Crippen MR) is 121 cm³/mol. The minimum atomic E-state index is -0.417. The van der Waals surface area contributed by atoms with E-state index in [0.29, 0.717) is 23.5 Å². The molecule has 1 unspecified atom stereocenters. The molecule has 7 heteroatoms. The van der Waals surface area contributed by atoms with Gasteiger partial charge in [-0.15, -0.1) is 18.3 Å². The van der Waals surface area contributed by atoms with Crippen LogP contribution >= 0.6 is 11.8 Å². The van der Waals surface area contributed by atoms with Crippen molar-refractivity contribution in [2.75, 3.05) is 29.1 Å². The third kappa shape index (κ3) is 5.10. The number of amides is 2. The number of rotatable bonds is 8. The van der Waals surface area contributed by atoms with Crippen LogP contribution in [0.2, 0.25) is 0 Å². The molecular weight excluding hydrogens is 400 g/mol. The molecule has 0 saturated carbocycles. The molecular formula is C23H24N2O4S. The first kappa shape index (κ1) is 21.6. The fourth-order valence-corrected chi connectivity index (χ4v) is 3.88. The number of fused-ring (bicyclic) bond motifs is 1. The summed E-state index contributed by atoms with van der Waals surface area (Å²) in [5, 5.41) is 2.42. The number of thioether (sulfide) groups is 1. The van der Waals surface area contributed by atoms with Crippen LogP contribution in [0.25, 0.3) is 0 Å². The fourth-order valence-electron chi connectivity index (χ4n) is 3.12. The van der Waals surface area contributed by atoms with Gasteiger partial charge in [0.1, 0.15) is 5.75 Å². The van der Waals surface area contributed by atoms with Crippen molar-refractivity contribution < 1.29 is 19.1 Å². The summed E-state index contributed by atoms with van der Waals surface area (Å²) >= 11 is 1.27. The molecule has 0 spiro atoms. The van der Waals surface area contributed by atoms with Crippen molar-refractivity contribution in [2.24, 2.45) is 0 Å². The highest BCUT2D eigenvalue weighted by Gasteiger charge is 2.26. The van der Waals surface area contributed by atoms with Gasteiger partial charge in [0.15, 0.2) is 12.4 Å².